The third-order valence-electron chi connectivity index (χ3n) is 3.71. The molecule has 1 N–H and O–H groups in total. The molecule has 0 amide bonds. The quantitative estimate of drug-likeness (QED) is 0.728. The highest BCUT2D eigenvalue weighted by molar-refractivity contribution is 4.80. The minimum atomic E-state index is 0.466. The van der Waals surface area contributed by atoms with Crippen LogP contribution in [-0.2, 0) is 0 Å². The first-order chi connectivity index (χ1) is 7.20. The van der Waals surface area contributed by atoms with Gasteiger partial charge in [0.05, 0.1) is 0 Å². The first kappa shape index (κ1) is 13.0. The first-order valence-corrected chi connectivity index (χ1v) is 6.63. The molecule has 0 aromatic heterocycles. The minimum absolute atomic E-state index is 0.466. The Balaban J connectivity index is 2.35. The minimum Gasteiger partial charge on any atom is -0.316 e. The summed E-state index contributed by atoms with van der Waals surface area (Å²) in [6.07, 6.45) is 5.52. The lowest BCUT2D eigenvalue weighted by Crippen LogP contribution is -2.43. The van der Waals surface area contributed by atoms with Crippen molar-refractivity contribution in [2.75, 3.05) is 32.7 Å². The number of hydrogen-bond donors (Lipinski definition) is 1. The van der Waals surface area contributed by atoms with Crippen molar-refractivity contribution in [2.45, 2.75) is 46.5 Å². The monoisotopic (exact) mass is 212 g/mol. The van der Waals surface area contributed by atoms with Crippen molar-refractivity contribution in [3.05, 3.63) is 0 Å². The van der Waals surface area contributed by atoms with Gasteiger partial charge in [-0.1, -0.05) is 27.2 Å². The average Bonchev–Trinajstić information content (AvgIpc) is 2.28. The lowest BCUT2D eigenvalue weighted by Gasteiger charge is -2.37. The fraction of sp³-hybridized carbons (Fsp3) is 1.00. The second-order valence-corrected chi connectivity index (χ2v) is 5.28. The Labute approximate surface area is 95.4 Å². The summed E-state index contributed by atoms with van der Waals surface area (Å²) in [4.78, 5) is 2.66. The highest BCUT2D eigenvalue weighted by Crippen LogP contribution is 2.23. The molecule has 1 aliphatic rings. The fourth-order valence-corrected chi connectivity index (χ4v) is 2.38. The van der Waals surface area contributed by atoms with Crippen molar-refractivity contribution in [1.29, 1.82) is 0 Å². The molecule has 0 aromatic carbocycles. The van der Waals surface area contributed by atoms with Gasteiger partial charge in [-0.25, -0.2) is 0 Å². The van der Waals surface area contributed by atoms with Gasteiger partial charge in [-0.05, 0) is 44.3 Å². The number of piperidine rings is 1. The highest BCUT2D eigenvalue weighted by Gasteiger charge is 2.25. The van der Waals surface area contributed by atoms with E-state index in [0.29, 0.717) is 5.41 Å². The molecule has 1 saturated heterocycles. The molecule has 1 unspecified atom stereocenters. The van der Waals surface area contributed by atoms with E-state index in [1.54, 1.807) is 0 Å². The Kier molecular flexibility index (Phi) is 5.62. The molecule has 1 heterocycles. The van der Waals surface area contributed by atoms with Gasteiger partial charge in [0.15, 0.2) is 0 Å². The van der Waals surface area contributed by atoms with E-state index >= 15 is 0 Å². The van der Waals surface area contributed by atoms with E-state index in [-0.39, 0.29) is 0 Å². The zero-order chi connectivity index (χ0) is 11.1. The molecule has 0 bridgehead atoms. The van der Waals surface area contributed by atoms with Gasteiger partial charge >= 0.3 is 0 Å². The van der Waals surface area contributed by atoms with E-state index in [9.17, 15) is 0 Å². The summed E-state index contributed by atoms with van der Waals surface area (Å²) in [5, 5.41) is 3.50. The van der Waals surface area contributed by atoms with Crippen LogP contribution in [-0.4, -0.2) is 37.6 Å². The summed E-state index contributed by atoms with van der Waals surface area (Å²) in [5.74, 6) is 0. The zero-order valence-corrected chi connectivity index (χ0v) is 10.8. The van der Waals surface area contributed by atoms with Gasteiger partial charge in [-0.3, -0.25) is 0 Å². The van der Waals surface area contributed by atoms with Crippen molar-refractivity contribution in [2.24, 2.45) is 5.41 Å². The van der Waals surface area contributed by atoms with Crippen LogP contribution in [0, 0.1) is 5.41 Å². The highest BCUT2D eigenvalue weighted by atomic mass is 15.1. The van der Waals surface area contributed by atoms with Gasteiger partial charge in [0.2, 0.25) is 0 Å². The summed E-state index contributed by atoms with van der Waals surface area (Å²) in [5.41, 5.74) is 0.466. The van der Waals surface area contributed by atoms with E-state index in [1.807, 2.05) is 0 Å². The maximum absolute atomic E-state index is 3.50. The molecule has 1 rings (SSSR count). The Hall–Kier alpha value is -0.0800. The second kappa shape index (κ2) is 6.49. The standard InChI is InChI=1S/C13H28N2/c1-4-13(3,11-14-5-2)12-15-9-7-6-8-10-15/h14H,4-12H2,1-3H3. The van der Waals surface area contributed by atoms with Gasteiger partial charge in [-0.15, -0.1) is 0 Å². The second-order valence-electron chi connectivity index (χ2n) is 5.28. The number of rotatable bonds is 6. The Bertz CT molecular complexity index is 164. The Morgan fingerprint density at radius 2 is 1.80 bits per heavy atom. The number of hydrogen-bond acceptors (Lipinski definition) is 2. The van der Waals surface area contributed by atoms with Crippen LogP contribution in [0.4, 0.5) is 0 Å². The third kappa shape index (κ3) is 4.52. The summed E-state index contributed by atoms with van der Waals surface area (Å²) >= 11 is 0. The van der Waals surface area contributed by atoms with E-state index in [1.165, 1.54) is 45.3 Å². The van der Waals surface area contributed by atoms with Crippen LogP contribution in [0.2, 0.25) is 0 Å². The lowest BCUT2D eigenvalue weighted by molar-refractivity contribution is 0.135. The SMILES string of the molecule is CCNCC(C)(CC)CN1CCCCC1. The largest absolute Gasteiger partial charge is 0.316 e. The smallest absolute Gasteiger partial charge is 0.00474 e. The summed E-state index contributed by atoms with van der Waals surface area (Å²) in [7, 11) is 0. The molecule has 0 aromatic rings. The molecule has 1 aliphatic heterocycles. The molecule has 0 aliphatic carbocycles. The maximum atomic E-state index is 3.50. The number of nitrogens with zero attached hydrogens (tertiary/aromatic N) is 1. The molecule has 0 radical (unpaired) electrons. The summed E-state index contributed by atoms with van der Waals surface area (Å²) < 4.78 is 0. The van der Waals surface area contributed by atoms with Crippen molar-refractivity contribution in [3.8, 4) is 0 Å². The van der Waals surface area contributed by atoms with Crippen LogP contribution < -0.4 is 5.32 Å². The zero-order valence-electron chi connectivity index (χ0n) is 10.8. The van der Waals surface area contributed by atoms with Gasteiger partial charge in [-0.2, -0.15) is 0 Å². The van der Waals surface area contributed by atoms with E-state index in [4.69, 9.17) is 0 Å². The molecular formula is C13H28N2. The van der Waals surface area contributed by atoms with Crippen LogP contribution in [0.25, 0.3) is 0 Å². The number of nitrogens with one attached hydrogen (secondary N) is 1. The van der Waals surface area contributed by atoms with Crippen molar-refractivity contribution in [1.82, 2.24) is 10.2 Å². The van der Waals surface area contributed by atoms with Gasteiger partial charge < -0.3 is 10.2 Å². The molecule has 0 spiro atoms. The van der Waals surface area contributed by atoms with Crippen molar-refractivity contribution < 1.29 is 0 Å². The van der Waals surface area contributed by atoms with Crippen molar-refractivity contribution in [3.63, 3.8) is 0 Å². The van der Waals surface area contributed by atoms with Crippen LogP contribution in [0.15, 0.2) is 0 Å². The lowest BCUT2D eigenvalue weighted by atomic mass is 9.86. The third-order valence-corrected chi connectivity index (χ3v) is 3.71. The molecule has 0 saturated carbocycles. The maximum Gasteiger partial charge on any atom is 0.00474 e. The topological polar surface area (TPSA) is 15.3 Å². The van der Waals surface area contributed by atoms with Crippen LogP contribution in [0.1, 0.15) is 46.5 Å². The van der Waals surface area contributed by atoms with E-state index in [2.05, 4.69) is 31.0 Å². The molecule has 15 heavy (non-hydrogen) atoms. The van der Waals surface area contributed by atoms with Gasteiger partial charge in [0.25, 0.3) is 0 Å². The van der Waals surface area contributed by atoms with Gasteiger partial charge in [0.1, 0.15) is 0 Å². The predicted octanol–water partition coefficient (Wildman–Crippen LogP) is 2.50. The first-order valence-electron chi connectivity index (χ1n) is 6.63. The molecule has 2 nitrogen and oxygen atoms in total. The van der Waals surface area contributed by atoms with Crippen LogP contribution >= 0.6 is 0 Å². The molecular weight excluding hydrogens is 184 g/mol. The normalized spacial score (nSPS) is 22.6. The molecule has 2 heteroatoms. The number of likely N-dealkylation sites (tertiary alicyclic amines) is 1. The molecule has 1 fully saturated rings. The Morgan fingerprint density at radius 1 is 1.13 bits per heavy atom. The predicted molar refractivity (Wildman–Crippen MR) is 67.2 cm³/mol. The van der Waals surface area contributed by atoms with Crippen molar-refractivity contribution >= 4 is 0 Å². The molecule has 90 valence electrons. The van der Waals surface area contributed by atoms with E-state index < -0.39 is 0 Å². The average molecular weight is 212 g/mol. The summed E-state index contributed by atoms with van der Waals surface area (Å²) in [6, 6.07) is 0. The fourth-order valence-electron chi connectivity index (χ4n) is 2.38. The van der Waals surface area contributed by atoms with Crippen LogP contribution in [0.5, 0.6) is 0 Å². The van der Waals surface area contributed by atoms with E-state index in [0.717, 1.165) is 13.1 Å². The van der Waals surface area contributed by atoms with Gasteiger partial charge in [0, 0.05) is 13.1 Å². The van der Waals surface area contributed by atoms with Crippen LogP contribution in [0.3, 0.4) is 0 Å². The molecule has 1 atom stereocenters. The Morgan fingerprint density at radius 3 is 2.33 bits per heavy atom. The summed E-state index contributed by atoms with van der Waals surface area (Å²) in [6.45, 7) is 13.1.